The average Bonchev–Trinajstić information content (AvgIpc) is 2.14. The molecule has 0 aliphatic carbocycles. The van der Waals surface area contributed by atoms with Crippen molar-refractivity contribution >= 4 is 21.7 Å². The number of sulfonamides is 1. The van der Waals surface area contributed by atoms with Crippen molar-refractivity contribution in [3.63, 3.8) is 0 Å². The Morgan fingerprint density at radius 2 is 1.94 bits per heavy atom. The number of para-hydroxylation sites is 1. The molecule has 6 heteroatoms. The highest BCUT2D eigenvalue weighted by atomic mass is 32.2. The van der Waals surface area contributed by atoms with Gasteiger partial charge in [-0.15, -0.1) is 0 Å². The maximum Gasteiger partial charge on any atom is 0.337 e. The molecule has 1 aromatic rings. The summed E-state index contributed by atoms with van der Waals surface area (Å²) in [6, 6.07) is 5.92. The highest BCUT2D eigenvalue weighted by Crippen LogP contribution is 2.17. The Balaban J connectivity index is 3.00. The van der Waals surface area contributed by atoms with Gasteiger partial charge in [-0.3, -0.25) is 4.72 Å². The Bertz CT molecular complexity index is 508. The molecule has 0 radical (unpaired) electrons. The number of anilines is 1. The van der Waals surface area contributed by atoms with E-state index in [1.165, 1.54) is 12.1 Å². The average molecular weight is 257 g/mol. The number of hydrogen-bond donors (Lipinski definition) is 2. The van der Waals surface area contributed by atoms with E-state index in [9.17, 15) is 13.2 Å². The zero-order valence-corrected chi connectivity index (χ0v) is 10.5. The number of carboxylic acid groups (broad SMARTS) is 1. The van der Waals surface area contributed by atoms with E-state index in [1.54, 1.807) is 26.0 Å². The van der Waals surface area contributed by atoms with Gasteiger partial charge in [-0.25, -0.2) is 13.2 Å². The highest BCUT2D eigenvalue weighted by Gasteiger charge is 2.16. The SMILES string of the molecule is CC(C)CS(=O)(=O)Nc1ccccc1C(=O)O. The predicted molar refractivity (Wildman–Crippen MR) is 65.6 cm³/mol. The van der Waals surface area contributed by atoms with Crippen LogP contribution in [0.2, 0.25) is 0 Å². The molecule has 0 bridgehead atoms. The lowest BCUT2D eigenvalue weighted by Crippen LogP contribution is -2.21. The maximum atomic E-state index is 11.7. The molecule has 1 aromatic carbocycles. The first-order valence-electron chi connectivity index (χ1n) is 5.14. The molecule has 5 nitrogen and oxygen atoms in total. The summed E-state index contributed by atoms with van der Waals surface area (Å²) in [6.45, 7) is 3.56. The molecule has 0 aromatic heterocycles. The van der Waals surface area contributed by atoms with E-state index in [0.29, 0.717) is 0 Å². The minimum absolute atomic E-state index is 0.0236. The summed E-state index contributed by atoms with van der Waals surface area (Å²) < 4.78 is 25.7. The molecular weight excluding hydrogens is 242 g/mol. The fraction of sp³-hybridized carbons (Fsp3) is 0.364. The lowest BCUT2D eigenvalue weighted by molar-refractivity contribution is 0.0698. The van der Waals surface area contributed by atoms with Crippen molar-refractivity contribution in [1.82, 2.24) is 0 Å². The quantitative estimate of drug-likeness (QED) is 0.842. The topological polar surface area (TPSA) is 83.5 Å². The normalized spacial score (nSPS) is 11.5. The van der Waals surface area contributed by atoms with Gasteiger partial charge in [0.15, 0.2) is 0 Å². The minimum Gasteiger partial charge on any atom is -0.478 e. The van der Waals surface area contributed by atoms with E-state index in [-0.39, 0.29) is 22.9 Å². The van der Waals surface area contributed by atoms with E-state index in [0.717, 1.165) is 0 Å². The maximum absolute atomic E-state index is 11.7. The number of benzene rings is 1. The van der Waals surface area contributed by atoms with Gasteiger partial charge in [-0.2, -0.15) is 0 Å². The largest absolute Gasteiger partial charge is 0.478 e. The second-order valence-electron chi connectivity index (χ2n) is 4.13. The van der Waals surface area contributed by atoms with Crippen LogP contribution >= 0.6 is 0 Å². The van der Waals surface area contributed by atoms with Gasteiger partial charge >= 0.3 is 5.97 Å². The molecule has 2 N–H and O–H groups in total. The van der Waals surface area contributed by atoms with Gasteiger partial charge in [-0.05, 0) is 18.1 Å². The summed E-state index contributed by atoms with van der Waals surface area (Å²) >= 11 is 0. The van der Waals surface area contributed by atoms with Crippen molar-refractivity contribution in [2.45, 2.75) is 13.8 Å². The molecule has 0 saturated heterocycles. The van der Waals surface area contributed by atoms with E-state index in [1.807, 2.05) is 0 Å². The highest BCUT2D eigenvalue weighted by molar-refractivity contribution is 7.92. The number of carboxylic acids is 1. The first-order chi connectivity index (χ1) is 7.82. The smallest absolute Gasteiger partial charge is 0.337 e. The van der Waals surface area contributed by atoms with Crippen LogP contribution in [0.1, 0.15) is 24.2 Å². The van der Waals surface area contributed by atoms with Crippen LogP contribution in [0.3, 0.4) is 0 Å². The number of carbonyl (C=O) groups is 1. The van der Waals surface area contributed by atoms with Crippen LogP contribution in [0.15, 0.2) is 24.3 Å². The van der Waals surface area contributed by atoms with Gasteiger partial charge in [0.05, 0.1) is 17.0 Å². The molecular formula is C11H15NO4S. The summed E-state index contributed by atoms with van der Waals surface area (Å²) in [6.07, 6.45) is 0. The third-order valence-electron chi connectivity index (χ3n) is 1.98. The second-order valence-corrected chi connectivity index (χ2v) is 5.90. The second kappa shape index (κ2) is 5.18. The molecule has 0 spiro atoms. The minimum atomic E-state index is -3.50. The number of aromatic carboxylic acids is 1. The molecule has 0 atom stereocenters. The molecule has 0 fully saturated rings. The Hall–Kier alpha value is -1.56. The zero-order valence-electron chi connectivity index (χ0n) is 9.67. The van der Waals surface area contributed by atoms with Crippen molar-refractivity contribution in [2.24, 2.45) is 5.92 Å². The van der Waals surface area contributed by atoms with Crippen LogP contribution in [0.25, 0.3) is 0 Å². The lowest BCUT2D eigenvalue weighted by Gasteiger charge is -2.11. The zero-order chi connectivity index (χ0) is 13.1. The number of hydrogen-bond acceptors (Lipinski definition) is 3. The van der Waals surface area contributed by atoms with Crippen molar-refractivity contribution in [3.8, 4) is 0 Å². The number of nitrogens with one attached hydrogen (secondary N) is 1. The van der Waals surface area contributed by atoms with E-state index < -0.39 is 16.0 Å². The summed E-state index contributed by atoms with van der Waals surface area (Å²) in [5.74, 6) is -1.22. The molecule has 0 amide bonds. The van der Waals surface area contributed by atoms with Crippen molar-refractivity contribution in [1.29, 1.82) is 0 Å². The first kappa shape index (κ1) is 13.5. The van der Waals surface area contributed by atoms with Gasteiger partial charge in [0.2, 0.25) is 10.0 Å². The van der Waals surface area contributed by atoms with Crippen molar-refractivity contribution in [2.75, 3.05) is 10.5 Å². The molecule has 0 heterocycles. The van der Waals surface area contributed by atoms with E-state index in [4.69, 9.17) is 5.11 Å². The van der Waals surface area contributed by atoms with E-state index >= 15 is 0 Å². The molecule has 1 rings (SSSR count). The van der Waals surface area contributed by atoms with Crippen LogP contribution in [0, 0.1) is 5.92 Å². The Morgan fingerprint density at radius 1 is 1.35 bits per heavy atom. The Labute approximate surface area is 101 Å². The van der Waals surface area contributed by atoms with Gasteiger partial charge in [-0.1, -0.05) is 26.0 Å². The Kier molecular flexibility index (Phi) is 4.11. The summed E-state index contributed by atoms with van der Waals surface area (Å²) in [7, 11) is -3.50. The van der Waals surface area contributed by atoms with Gasteiger partial charge in [0.25, 0.3) is 0 Å². The first-order valence-corrected chi connectivity index (χ1v) is 6.80. The van der Waals surface area contributed by atoms with Crippen LogP contribution < -0.4 is 4.72 Å². The Morgan fingerprint density at radius 3 is 2.47 bits per heavy atom. The summed E-state index contributed by atoms with van der Waals surface area (Å²) in [5, 5.41) is 8.91. The third-order valence-corrected chi connectivity index (χ3v) is 3.61. The van der Waals surface area contributed by atoms with Crippen LogP contribution in [-0.4, -0.2) is 25.2 Å². The predicted octanol–water partition coefficient (Wildman–Crippen LogP) is 1.78. The summed E-state index contributed by atoms with van der Waals surface area (Å²) in [5.41, 5.74) is 0.0421. The van der Waals surface area contributed by atoms with Crippen LogP contribution in [-0.2, 0) is 10.0 Å². The molecule has 0 aliphatic heterocycles. The van der Waals surface area contributed by atoms with Crippen molar-refractivity contribution < 1.29 is 18.3 Å². The van der Waals surface area contributed by atoms with Crippen LogP contribution in [0.5, 0.6) is 0 Å². The fourth-order valence-electron chi connectivity index (χ4n) is 1.41. The van der Waals surface area contributed by atoms with Gasteiger partial charge in [0.1, 0.15) is 0 Å². The molecule has 0 aliphatic rings. The molecule has 0 saturated carbocycles. The van der Waals surface area contributed by atoms with Gasteiger partial charge < -0.3 is 5.11 Å². The molecule has 17 heavy (non-hydrogen) atoms. The monoisotopic (exact) mass is 257 g/mol. The molecule has 0 unspecified atom stereocenters. The van der Waals surface area contributed by atoms with Gasteiger partial charge in [0, 0.05) is 0 Å². The van der Waals surface area contributed by atoms with E-state index in [2.05, 4.69) is 4.72 Å². The standard InChI is InChI=1S/C11H15NO4S/c1-8(2)7-17(15,16)12-10-6-4-3-5-9(10)11(13)14/h3-6,8,12H,7H2,1-2H3,(H,13,14). The third kappa shape index (κ3) is 4.07. The summed E-state index contributed by atoms with van der Waals surface area (Å²) in [4.78, 5) is 10.9. The van der Waals surface area contributed by atoms with Crippen molar-refractivity contribution in [3.05, 3.63) is 29.8 Å². The lowest BCUT2D eigenvalue weighted by atomic mass is 10.2. The molecule has 94 valence electrons. The van der Waals surface area contributed by atoms with Crippen LogP contribution in [0.4, 0.5) is 5.69 Å². The number of rotatable bonds is 5. The fourth-order valence-corrected chi connectivity index (χ4v) is 2.88.